The molecule has 0 spiro atoms. The molecule has 1 amide bonds. The van der Waals surface area contributed by atoms with Crippen LogP contribution in [0.1, 0.15) is 13.8 Å². The van der Waals surface area contributed by atoms with Gasteiger partial charge in [-0.25, -0.2) is 12.8 Å². The Hall–Kier alpha value is -3.27. The maximum Gasteiger partial charge on any atom is 0.247 e. The highest BCUT2D eigenvalue weighted by Crippen LogP contribution is 2.27. The lowest BCUT2D eigenvalue weighted by atomic mass is 10.2. The number of anilines is 1. The number of amides is 1. The number of sulfone groups is 1. The highest BCUT2D eigenvalue weighted by Gasteiger charge is 2.43. The van der Waals surface area contributed by atoms with E-state index in [2.05, 4.69) is 20.5 Å². The van der Waals surface area contributed by atoms with E-state index in [1.807, 2.05) is 0 Å². The molecule has 1 aromatic heterocycles. The van der Waals surface area contributed by atoms with E-state index in [0.29, 0.717) is 11.4 Å². The molecule has 3 rings (SSSR count). The monoisotopic (exact) mass is 404 g/mol. The minimum atomic E-state index is -4.09. The molecule has 0 atom stereocenters. The summed E-state index contributed by atoms with van der Waals surface area (Å²) in [5.74, 6) is -1.02. The molecule has 8 nitrogen and oxygen atoms in total. The summed E-state index contributed by atoms with van der Waals surface area (Å²) in [4.78, 5) is 15.2. The number of nitrogens with zero attached hydrogens (tertiary/aromatic N) is 2. The molecule has 0 bridgehead atoms. The lowest BCUT2D eigenvalue weighted by Crippen LogP contribution is -2.44. The van der Waals surface area contributed by atoms with Gasteiger partial charge in [0.05, 0.1) is 4.90 Å². The van der Waals surface area contributed by atoms with Gasteiger partial charge in [0.1, 0.15) is 16.3 Å². The number of carbonyl (C=O) groups is 1. The van der Waals surface area contributed by atoms with Crippen molar-refractivity contribution in [1.29, 1.82) is 0 Å². The van der Waals surface area contributed by atoms with Crippen LogP contribution >= 0.6 is 0 Å². The van der Waals surface area contributed by atoms with Crippen molar-refractivity contribution in [1.82, 2.24) is 15.2 Å². The third-order valence-corrected chi connectivity index (χ3v) is 6.62. The highest BCUT2D eigenvalue weighted by molar-refractivity contribution is 7.93. The summed E-state index contributed by atoms with van der Waals surface area (Å²) in [6.45, 7) is 2.50. The molecule has 0 aliphatic carbocycles. The van der Waals surface area contributed by atoms with Gasteiger partial charge in [-0.1, -0.05) is 0 Å². The van der Waals surface area contributed by atoms with Crippen molar-refractivity contribution in [2.24, 2.45) is 0 Å². The lowest BCUT2D eigenvalue weighted by Gasteiger charge is -2.23. The predicted octanol–water partition coefficient (Wildman–Crippen LogP) is 2.51. The number of benzene rings is 2. The van der Waals surface area contributed by atoms with Crippen LogP contribution in [-0.2, 0) is 14.6 Å². The van der Waals surface area contributed by atoms with Crippen molar-refractivity contribution < 1.29 is 22.7 Å². The number of aromatic nitrogens is 3. The van der Waals surface area contributed by atoms with Gasteiger partial charge in [0.25, 0.3) is 0 Å². The van der Waals surface area contributed by atoms with Gasteiger partial charge in [-0.15, -0.1) is 10.2 Å². The summed E-state index contributed by atoms with van der Waals surface area (Å²) in [5.41, 5.74) is 0.615. The van der Waals surface area contributed by atoms with Crippen LogP contribution in [0.3, 0.4) is 0 Å². The molecule has 2 aromatic carbocycles. The van der Waals surface area contributed by atoms with Crippen LogP contribution in [0.5, 0.6) is 5.75 Å². The van der Waals surface area contributed by atoms with Crippen molar-refractivity contribution in [2.75, 3.05) is 5.32 Å². The van der Waals surface area contributed by atoms with E-state index in [4.69, 9.17) is 0 Å². The number of nitrogens with one attached hydrogen (secondary N) is 2. The van der Waals surface area contributed by atoms with Gasteiger partial charge < -0.3 is 10.1 Å². The van der Waals surface area contributed by atoms with E-state index in [0.717, 1.165) is 24.3 Å². The van der Waals surface area contributed by atoms with Crippen LogP contribution in [0.2, 0.25) is 0 Å². The SMILES string of the molecule is CC(C)(C(=O)Nc1nnc(-c2ccc(O)cc2)[nH]1)S(=O)(=O)c1ccc(F)cc1. The number of hydrogen-bond acceptors (Lipinski definition) is 6. The first-order valence-electron chi connectivity index (χ1n) is 8.15. The number of phenolic OH excluding ortho intramolecular Hbond substituents is 1. The Bertz CT molecular complexity index is 1110. The molecule has 0 fully saturated rings. The van der Waals surface area contributed by atoms with Crippen molar-refractivity contribution in [3.8, 4) is 17.1 Å². The van der Waals surface area contributed by atoms with Crippen LogP contribution in [0, 0.1) is 5.82 Å². The summed E-state index contributed by atoms with van der Waals surface area (Å²) in [5, 5.41) is 19.4. The van der Waals surface area contributed by atoms with E-state index in [-0.39, 0.29) is 16.6 Å². The zero-order valence-electron chi connectivity index (χ0n) is 15.0. The predicted molar refractivity (Wildman–Crippen MR) is 99.8 cm³/mol. The smallest absolute Gasteiger partial charge is 0.247 e. The first-order valence-corrected chi connectivity index (χ1v) is 9.63. The number of aromatic hydroxyl groups is 1. The van der Waals surface area contributed by atoms with Crippen LogP contribution in [0.25, 0.3) is 11.4 Å². The summed E-state index contributed by atoms with van der Waals surface area (Å²) < 4.78 is 36.8. The molecular formula is C18H17FN4O4S. The molecule has 0 saturated heterocycles. The number of carbonyl (C=O) groups excluding carboxylic acids is 1. The summed E-state index contributed by atoms with van der Waals surface area (Å²) in [6.07, 6.45) is 0. The number of rotatable bonds is 5. The zero-order valence-corrected chi connectivity index (χ0v) is 15.8. The van der Waals surface area contributed by atoms with Gasteiger partial charge in [0, 0.05) is 5.56 Å². The molecule has 0 aliphatic heterocycles. The maximum absolute atomic E-state index is 13.1. The van der Waals surface area contributed by atoms with E-state index in [1.54, 1.807) is 12.1 Å². The lowest BCUT2D eigenvalue weighted by molar-refractivity contribution is -0.117. The van der Waals surface area contributed by atoms with Crippen LogP contribution in [0.4, 0.5) is 10.3 Å². The summed E-state index contributed by atoms with van der Waals surface area (Å²) >= 11 is 0. The first kappa shape index (κ1) is 19.5. The Morgan fingerprint density at radius 1 is 1.07 bits per heavy atom. The van der Waals surface area contributed by atoms with Crippen LogP contribution < -0.4 is 5.32 Å². The van der Waals surface area contributed by atoms with E-state index < -0.39 is 26.3 Å². The molecule has 0 aliphatic rings. The van der Waals surface area contributed by atoms with Crippen molar-refractivity contribution in [2.45, 2.75) is 23.5 Å². The number of hydrogen-bond donors (Lipinski definition) is 3. The van der Waals surface area contributed by atoms with Gasteiger partial charge in [-0.2, -0.15) is 0 Å². The van der Waals surface area contributed by atoms with E-state index >= 15 is 0 Å². The van der Waals surface area contributed by atoms with Gasteiger partial charge >= 0.3 is 0 Å². The van der Waals surface area contributed by atoms with Crippen molar-refractivity contribution in [3.05, 3.63) is 54.3 Å². The molecule has 28 heavy (non-hydrogen) atoms. The Labute approximate surface area is 160 Å². The maximum atomic E-state index is 13.1. The number of aromatic amines is 1. The Balaban J connectivity index is 1.82. The average molecular weight is 404 g/mol. The fourth-order valence-electron chi connectivity index (χ4n) is 2.36. The molecular weight excluding hydrogens is 387 g/mol. The second-order valence-electron chi connectivity index (χ2n) is 6.49. The molecule has 0 unspecified atom stereocenters. The minimum Gasteiger partial charge on any atom is -0.508 e. The molecule has 0 radical (unpaired) electrons. The molecule has 0 saturated carbocycles. The average Bonchev–Trinajstić information content (AvgIpc) is 3.11. The zero-order chi connectivity index (χ0) is 20.5. The second kappa shape index (κ2) is 7.04. The van der Waals surface area contributed by atoms with Crippen molar-refractivity contribution in [3.63, 3.8) is 0 Å². The van der Waals surface area contributed by atoms with Crippen LogP contribution in [0.15, 0.2) is 53.4 Å². The normalized spacial score (nSPS) is 12.0. The molecule has 3 aromatic rings. The van der Waals surface area contributed by atoms with E-state index in [1.165, 1.54) is 26.0 Å². The fourth-order valence-corrected chi connectivity index (χ4v) is 3.73. The third kappa shape index (κ3) is 3.58. The summed E-state index contributed by atoms with van der Waals surface area (Å²) in [7, 11) is -4.09. The number of phenols is 1. The topological polar surface area (TPSA) is 125 Å². The van der Waals surface area contributed by atoms with E-state index in [9.17, 15) is 22.7 Å². The largest absolute Gasteiger partial charge is 0.508 e. The molecule has 146 valence electrons. The van der Waals surface area contributed by atoms with Gasteiger partial charge in [-0.05, 0) is 62.4 Å². The first-order chi connectivity index (χ1) is 13.1. The van der Waals surface area contributed by atoms with Crippen molar-refractivity contribution >= 4 is 21.7 Å². The Morgan fingerprint density at radius 2 is 1.68 bits per heavy atom. The van der Waals surface area contributed by atoms with Gasteiger partial charge in [0.15, 0.2) is 15.7 Å². The van der Waals surface area contributed by atoms with Crippen LogP contribution in [-0.4, -0.2) is 39.4 Å². The fraction of sp³-hybridized carbons (Fsp3) is 0.167. The minimum absolute atomic E-state index is 0.0320. The van der Waals surface area contributed by atoms with Gasteiger partial charge in [0.2, 0.25) is 11.9 Å². The molecule has 10 heteroatoms. The number of H-pyrrole nitrogens is 1. The Morgan fingerprint density at radius 3 is 2.29 bits per heavy atom. The Kier molecular flexibility index (Phi) is 4.90. The number of halogens is 1. The standard InChI is InChI=1S/C18H17FN4O4S/c1-18(2,28(26,27)14-9-5-12(19)6-10-14)16(25)21-17-20-15(22-23-17)11-3-7-13(24)8-4-11/h3-10,24H,1-2H3,(H2,20,21,22,23,25). The highest BCUT2D eigenvalue weighted by atomic mass is 32.2. The molecule has 1 heterocycles. The quantitative estimate of drug-likeness (QED) is 0.561. The summed E-state index contributed by atoms with van der Waals surface area (Å²) in [6, 6.07) is 10.4. The molecule has 3 N–H and O–H groups in total. The third-order valence-electron chi connectivity index (χ3n) is 4.20. The second-order valence-corrected chi connectivity index (χ2v) is 8.99. The van der Waals surface area contributed by atoms with Gasteiger partial charge in [-0.3, -0.25) is 10.1 Å².